The van der Waals surface area contributed by atoms with Gasteiger partial charge < -0.3 is 29.9 Å². The normalized spacial score (nSPS) is 22.5. The van der Waals surface area contributed by atoms with Gasteiger partial charge in [0.25, 0.3) is 0 Å². The van der Waals surface area contributed by atoms with Gasteiger partial charge in [-0.1, -0.05) is 6.07 Å². The van der Waals surface area contributed by atoms with Crippen LogP contribution in [0.15, 0.2) is 105 Å². The molecule has 8 rings (SSSR count). The Morgan fingerprint density at radius 3 is 1.48 bits per heavy atom. The lowest BCUT2D eigenvalue weighted by atomic mass is 9.91. The molecule has 0 bridgehead atoms. The van der Waals surface area contributed by atoms with E-state index in [1.807, 2.05) is 24.3 Å². The lowest BCUT2D eigenvalue weighted by molar-refractivity contribution is 0.413. The summed E-state index contributed by atoms with van der Waals surface area (Å²) >= 11 is 0. The summed E-state index contributed by atoms with van der Waals surface area (Å²) in [7, 11) is 0.229. The number of hydrogen-bond acceptors (Lipinski definition) is 10. The number of methoxy groups -OCH3 is 2. The first-order valence-electron chi connectivity index (χ1n) is 18.0. The van der Waals surface area contributed by atoms with E-state index in [9.17, 15) is 16.8 Å². The summed E-state index contributed by atoms with van der Waals surface area (Å²) in [5, 5.41) is 6.90. The zero-order valence-electron chi connectivity index (χ0n) is 30.2. The highest BCUT2D eigenvalue weighted by Crippen LogP contribution is 2.46. The van der Waals surface area contributed by atoms with Crippen LogP contribution >= 0.6 is 0 Å². The maximum atomic E-state index is 13.1. The van der Waals surface area contributed by atoms with Crippen LogP contribution in [-0.2, 0) is 19.7 Å². The summed E-state index contributed by atoms with van der Waals surface area (Å²) in [6.45, 7) is 3.97. The summed E-state index contributed by atoms with van der Waals surface area (Å²) in [4.78, 5) is 5.92. The van der Waals surface area contributed by atoms with E-state index in [1.165, 1.54) is 7.11 Å². The number of anilines is 2. The minimum absolute atomic E-state index is 0.266. The number of fused-ring (bicyclic) bond motifs is 6. The molecule has 52 heavy (non-hydrogen) atoms. The van der Waals surface area contributed by atoms with Crippen LogP contribution in [0, 0.1) is 0 Å². The number of hydrogen-bond donors (Lipinski definition) is 2. The van der Waals surface area contributed by atoms with Crippen molar-refractivity contribution in [2.45, 2.75) is 69.2 Å². The molecular weight excluding hydrogens is 697 g/mol. The fourth-order valence-corrected chi connectivity index (χ4v) is 11.1. The SMILES string of the molecule is COc1ccc(S(=O)(=O)c2ccc3c(c2)[C@H]2CCNCC[C@@H]2N3C)cc1.COc1cccc(S(=O)(=O)c2ccc3c(c2)[C@H]2CCNCC[C@@H]2N3C)c1. The Balaban J connectivity index is 0.000000162. The van der Waals surface area contributed by atoms with Crippen LogP contribution in [0.5, 0.6) is 11.5 Å². The number of nitrogens with one attached hydrogen (secondary N) is 2. The van der Waals surface area contributed by atoms with E-state index in [-0.39, 0.29) is 4.90 Å². The smallest absolute Gasteiger partial charge is 0.206 e. The van der Waals surface area contributed by atoms with Crippen LogP contribution in [0.1, 0.15) is 48.6 Å². The van der Waals surface area contributed by atoms with Gasteiger partial charge in [0.2, 0.25) is 19.7 Å². The number of likely N-dealkylation sites (N-methyl/N-ethyl adjacent to an activating group) is 2. The van der Waals surface area contributed by atoms with E-state index < -0.39 is 19.7 Å². The van der Waals surface area contributed by atoms with Crippen molar-refractivity contribution in [1.82, 2.24) is 10.6 Å². The highest BCUT2D eigenvalue weighted by atomic mass is 32.2. The van der Waals surface area contributed by atoms with E-state index in [0.717, 1.165) is 74.4 Å². The molecule has 4 aromatic rings. The zero-order valence-corrected chi connectivity index (χ0v) is 31.8. The van der Waals surface area contributed by atoms with Gasteiger partial charge in [-0.05, 0) is 142 Å². The van der Waals surface area contributed by atoms with Crippen molar-refractivity contribution in [3.05, 3.63) is 96.1 Å². The molecule has 2 N–H and O–H groups in total. The molecule has 2 saturated heterocycles. The molecule has 4 aromatic carbocycles. The number of ether oxygens (including phenoxy) is 2. The van der Waals surface area contributed by atoms with Crippen LogP contribution in [-0.4, -0.2) is 83.4 Å². The lowest BCUT2D eigenvalue weighted by Crippen LogP contribution is -2.30. The minimum Gasteiger partial charge on any atom is -0.497 e. The van der Waals surface area contributed by atoms with Crippen molar-refractivity contribution in [3.8, 4) is 11.5 Å². The van der Waals surface area contributed by atoms with Gasteiger partial charge in [-0.15, -0.1) is 0 Å². The third-order valence-corrected chi connectivity index (χ3v) is 14.8. The average molecular weight is 745 g/mol. The summed E-state index contributed by atoms with van der Waals surface area (Å²) in [5.74, 6) is 1.96. The van der Waals surface area contributed by atoms with Crippen molar-refractivity contribution in [2.75, 3.05) is 64.3 Å². The zero-order chi connectivity index (χ0) is 36.6. The molecule has 276 valence electrons. The Labute approximate surface area is 308 Å². The Kier molecular flexibility index (Phi) is 10.3. The largest absolute Gasteiger partial charge is 0.497 e. The Morgan fingerprint density at radius 1 is 0.538 bits per heavy atom. The van der Waals surface area contributed by atoms with Crippen molar-refractivity contribution >= 4 is 31.0 Å². The third-order valence-electron chi connectivity index (χ3n) is 11.3. The van der Waals surface area contributed by atoms with Gasteiger partial charge in [-0.2, -0.15) is 0 Å². The molecule has 4 atom stereocenters. The molecule has 4 heterocycles. The molecule has 4 aliphatic rings. The molecule has 12 heteroatoms. The van der Waals surface area contributed by atoms with E-state index >= 15 is 0 Å². The fraction of sp³-hybridized carbons (Fsp3) is 0.400. The van der Waals surface area contributed by atoms with Gasteiger partial charge in [-0.25, -0.2) is 16.8 Å². The summed E-state index contributed by atoms with van der Waals surface area (Å²) in [6, 6.07) is 25.3. The average Bonchev–Trinajstić information content (AvgIpc) is 3.37. The van der Waals surface area contributed by atoms with Crippen molar-refractivity contribution < 1.29 is 26.3 Å². The van der Waals surface area contributed by atoms with Gasteiger partial charge in [0.15, 0.2) is 0 Å². The predicted molar refractivity (Wildman–Crippen MR) is 204 cm³/mol. The number of rotatable bonds is 6. The number of nitrogens with zero attached hydrogens (tertiary/aromatic N) is 2. The van der Waals surface area contributed by atoms with Crippen LogP contribution in [0.2, 0.25) is 0 Å². The molecule has 10 nitrogen and oxygen atoms in total. The van der Waals surface area contributed by atoms with E-state index in [4.69, 9.17) is 9.47 Å². The van der Waals surface area contributed by atoms with Gasteiger partial charge in [0, 0.05) is 49.4 Å². The molecule has 0 radical (unpaired) electrons. The van der Waals surface area contributed by atoms with Crippen LogP contribution in [0.3, 0.4) is 0 Å². The monoisotopic (exact) mass is 744 g/mol. The van der Waals surface area contributed by atoms with Gasteiger partial charge >= 0.3 is 0 Å². The molecule has 4 aliphatic heterocycles. The summed E-state index contributed by atoms with van der Waals surface area (Å²) in [6.07, 6.45) is 4.23. The van der Waals surface area contributed by atoms with E-state index in [0.29, 0.717) is 50.1 Å². The van der Waals surface area contributed by atoms with E-state index in [2.05, 4.69) is 34.5 Å². The van der Waals surface area contributed by atoms with Crippen molar-refractivity contribution in [3.63, 3.8) is 0 Å². The standard InChI is InChI=1S/2C20H24N2O3S/c1-22-19-8-7-16(13-18(19)17-9-11-21-12-10-20(17)22)26(23,24)15-5-3-14(25-2)4-6-15;1-22-19-7-6-16(13-18(19)17-8-10-21-11-9-20(17)22)26(23,24)15-5-3-4-14(12-15)25-2/h3-8,13,17,20-21H,9-12H2,1-2H3;3-7,12-13,17,20-21H,8-11H2,1-2H3/t2*17-,20+/m11/s1. The Bertz CT molecular complexity index is 2140. The van der Waals surface area contributed by atoms with E-state index in [1.54, 1.807) is 67.8 Å². The lowest BCUT2D eigenvalue weighted by Gasteiger charge is -2.24. The second kappa shape index (κ2) is 14.7. The van der Waals surface area contributed by atoms with Gasteiger partial charge in [0.1, 0.15) is 11.5 Å². The van der Waals surface area contributed by atoms with Crippen molar-refractivity contribution in [1.29, 1.82) is 0 Å². The highest BCUT2D eigenvalue weighted by molar-refractivity contribution is 7.91. The quantitative estimate of drug-likeness (QED) is 0.258. The molecule has 0 aromatic heterocycles. The molecule has 0 aliphatic carbocycles. The maximum absolute atomic E-state index is 13.1. The molecule has 0 amide bonds. The Hall–Kier alpha value is -4.10. The first-order valence-corrected chi connectivity index (χ1v) is 20.9. The third kappa shape index (κ3) is 6.66. The molecule has 0 spiro atoms. The predicted octanol–water partition coefficient (Wildman–Crippen LogP) is 5.63. The maximum Gasteiger partial charge on any atom is 0.206 e. The second-order valence-electron chi connectivity index (χ2n) is 14.0. The summed E-state index contributed by atoms with van der Waals surface area (Å²) in [5.41, 5.74) is 4.64. The van der Waals surface area contributed by atoms with Crippen LogP contribution in [0.25, 0.3) is 0 Å². The Morgan fingerprint density at radius 2 is 0.981 bits per heavy atom. The fourth-order valence-electron chi connectivity index (χ4n) is 8.49. The van der Waals surface area contributed by atoms with Crippen molar-refractivity contribution in [2.24, 2.45) is 0 Å². The summed E-state index contributed by atoms with van der Waals surface area (Å²) < 4.78 is 62.7. The topological polar surface area (TPSA) is 117 Å². The molecule has 2 fully saturated rings. The second-order valence-corrected chi connectivity index (χ2v) is 17.9. The molecule has 0 saturated carbocycles. The first-order chi connectivity index (χ1) is 25.0. The molecular formula is C40H48N4O6S2. The van der Waals surface area contributed by atoms with Gasteiger partial charge in [-0.3, -0.25) is 0 Å². The van der Waals surface area contributed by atoms with Gasteiger partial charge in [0.05, 0.1) is 33.8 Å². The first kappa shape index (κ1) is 36.3. The highest BCUT2D eigenvalue weighted by Gasteiger charge is 2.39. The number of sulfone groups is 2. The molecule has 0 unspecified atom stereocenters. The number of benzene rings is 4. The minimum atomic E-state index is -3.57. The van der Waals surface area contributed by atoms with Crippen LogP contribution < -0.4 is 29.9 Å². The van der Waals surface area contributed by atoms with Crippen LogP contribution in [0.4, 0.5) is 11.4 Å².